The lowest BCUT2D eigenvalue weighted by atomic mass is 9.92. The smallest absolute Gasteiger partial charge is 0.243 e. The maximum absolute atomic E-state index is 13.2. The number of sulfonamides is 1. The molecule has 0 amide bonds. The summed E-state index contributed by atoms with van der Waals surface area (Å²) in [6.07, 6.45) is 4.31. The minimum atomic E-state index is -3.49. The van der Waals surface area contributed by atoms with Crippen molar-refractivity contribution in [1.29, 1.82) is 0 Å². The van der Waals surface area contributed by atoms with Gasteiger partial charge in [-0.05, 0) is 55.0 Å². The van der Waals surface area contributed by atoms with Crippen molar-refractivity contribution in [2.24, 2.45) is 0 Å². The Morgan fingerprint density at radius 2 is 1.60 bits per heavy atom. The number of rotatable bonds is 4. The Balaban J connectivity index is 1.26. The number of phenolic OH excluding ortho intramolecular Hbond substituents is 1. The molecule has 0 saturated carbocycles. The van der Waals surface area contributed by atoms with E-state index in [1.54, 1.807) is 22.5 Å². The van der Waals surface area contributed by atoms with Crippen molar-refractivity contribution in [3.63, 3.8) is 0 Å². The summed E-state index contributed by atoms with van der Waals surface area (Å²) < 4.78 is 38.6. The molecule has 30 heavy (non-hydrogen) atoms. The number of nitrogens with zero attached hydrogens (tertiary/aromatic N) is 2. The number of benzene rings is 2. The summed E-state index contributed by atoms with van der Waals surface area (Å²) >= 11 is 0. The lowest BCUT2D eigenvalue weighted by Crippen LogP contribution is -2.48. The molecular formula is C22H26N2O5S. The molecule has 2 aliphatic heterocycles. The number of ether oxygens (including phenoxy) is 2. The summed E-state index contributed by atoms with van der Waals surface area (Å²) in [5.74, 6) is 1.36. The summed E-state index contributed by atoms with van der Waals surface area (Å²) in [5.41, 5.74) is 3.22. The predicted octanol–water partition coefficient (Wildman–Crippen LogP) is 2.51. The molecule has 0 spiro atoms. The fraction of sp³-hybridized carbons (Fsp3) is 0.455. The van der Waals surface area contributed by atoms with Gasteiger partial charge in [0.05, 0.1) is 4.90 Å². The lowest BCUT2D eigenvalue weighted by Gasteiger charge is -2.34. The van der Waals surface area contributed by atoms with E-state index in [9.17, 15) is 13.5 Å². The zero-order chi connectivity index (χ0) is 20.7. The molecule has 0 bridgehead atoms. The second-order valence-corrected chi connectivity index (χ2v) is 10.1. The highest BCUT2D eigenvalue weighted by atomic mass is 32.2. The summed E-state index contributed by atoms with van der Waals surface area (Å²) in [6.45, 7) is 2.79. The molecular weight excluding hydrogens is 404 g/mol. The van der Waals surface area contributed by atoms with E-state index in [0.29, 0.717) is 49.1 Å². The van der Waals surface area contributed by atoms with Crippen LogP contribution in [0.4, 0.5) is 0 Å². The molecule has 7 nitrogen and oxygen atoms in total. The second-order valence-electron chi connectivity index (χ2n) is 8.15. The van der Waals surface area contributed by atoms with Crippen molar-refractivity contribution in [2.45, 2.75) is 37.1 Å². The van der Waals surface area contributed by atoms with Gasteiger partial charge in [-0.25, -0.2) is 8.42 Å². The van der Waals surface area contributed by atoms with Gasteiger partial charge in [0, 0.05) is 44.4 Å². The quantitative estimate of drug-likeness (QED) is 0.803. The van der Waals surface area contributed by atoms with Crippen molar-refractivity contribution in [1.82, 2.24) is 9.21 Å². The number of phenols is 1. The first kappa shape index (κ1) is 19.7. The molecule has 2 aromatic rings. The van der Waals surface area contributed by atoms with Crippen LogP contribution >= 0.6 is 0 Å². The summed E-state index contributed by atoms with van der Waals surface area (Å²) in [7, 11) is -3.49. The third-order valence-corrected chi connectivity index (χ3v) is 8.15. The Morgan fingerprint density at radius 3 is 2.37 bits per heavy atom. The Morgan fingerprint density at radius 1 is 0.900 bits per heavy atom. The van der Waals surface area contributed by atoms with E-state index >= 15 is 0 Å². The molecule has 160 valence electrons. The number of aryl methyl sites for hydroxylation is 2. The fourth-order valence-electron chi connectivity index (χ4n) is 4.49. The van der Waals surface area contributed by atoms with E-state index < -0.39 is 10.0 Å². The third kappa shape index (κ3) is 3.64. The molecule has 1 fully saturated rings. The van der Waals surface area contributed by atoms with Gasteiger partial charge in [-0.2, -0.15) is 4.31 Å². The molecule has 0 atom stereocenters. The number of fused-ring (bicyclic) bond motifs is 2. The molecule has 0 aromatic heterocycles. The first-order valence-corrected chi connectivity index (χ1v) is 11.9. The minimum Gasteiger partial charge on any atom is -0.507 e. The van der Waals surface area contributed by atoms with E-state index in [1.165, 1.54) is 17.5 Å². The Kier molecular flexibility index (Phi) is 5.08. The number of piperazine rings is 1. The van der Waals surface area contributed by atoms with E-state index in [2.05, 4.69) is 4.90 Å². The average Bonchev–Trinajstić information content (AvgIpc) is 3.21. The largest absolute Gasteiger partial charge is 0.507 e. The number of hydrogen-bond acceptors (Lipinski definition) is 6. The lowest BCUT2D eigenvalue weighted by molar-refractivity contribution is 0.173. The Hall–Kier alpha value is -2.29. The second kappa shape index (κ2) is 7.76. The van der Waals surface area contributed by atoms with Crippen LogP contribution in [0.15, 0.2) is 35.2 Å². The van der Waals surface area contributed by atoms with E-state index in [1.807, 2.05) is 12.1 Å². The average molecular weight is 431 g/mol. The van der Waals surface area contributed by atoms with E-state index in [-0.39, 0.29) is 12.5 Å². The van der Waals surface area contributed by atoms with Gasteiger partial charge in [-0.1, -0.05) is 6.07 Å². The molecule has 3 aliphatic rings. The van der Waals surface area contributed by atoms with Gasteiger partial charge in [0.2, 0.25) is 16.8 Å². The van der Waals surface area contributed by atoms with Gasteiger partial charge in [0.15, 0.2) is 11.5 Å². The zero-order valence-electron chi connectivity index (χ0n) is 16.8. The molecule has 1 N–H and O–H groups in total. The highest BCUT2D eigenvalue weighted by Gasteiger charge is 2.30. The molecule has 1 saturated heterocycles. The van der Waals surface area contributed by atoms with Crippen LogP contribution in [-0.2, 0) is 29.4 Å². The Labute approximate surface area is 176 Å². The van der Waals surface area contributed by atoms with Crippen LogP contribution in [0.25, 0.3) is 0 Å². The van der Waals surface area contributed by atoms with Crippen LogP contribution in [0, 0.1) is 0 Å². The van der Waals surface area contributed by atoms with Crippen LogP contribution in [0.3, 0.4) is 0 Å². The van der Waals surface area contributed by atoms with Crippen LogP contribution in [-0.4, -0.2) is 55.7 Å². The fourth-order valence-corrected chi connectivity index (χ4v) is 5.96. The third-order valence-electron chi connectivity index (χ3n) is 6.26. The van der Waals surface area contributed by atoms with Gasteiger partial charge in [0.1, 0.15) is 5.75 Å². The van der Waals surface area contributed by atoms with E-state index in [0.717, 1.165) is 24.8 Å². The topological polar surface area (TPSA) is 79.3 Å². The van der Waals surface area contributed by atoms with Crippen LogP contribution in [0.2, 0.25) is 0 Å². The SMILES string of the molecule is O=S(=O)(c1ccc2c(c1)CCCC2)N1CCN(Cc2cc3c(cc2O)OCO3)CC1. The van der Waals surface area contributed by atoms with Crippen molar-refractivity contribution in [3.05, 3.63) is 47.0 Å². The van der Waals surface area contributed by atoms with Crippen molar-refractivity contribution in [2.75, 3.05) is 33.0 Å². The number of aromatic hydroxyl groups is 1. The first-order chi connectivity index (χ1) is 14.5. The summed E-state index contributed by atoms with van der Waals surface area (Å²) in [4.78, 5) is 2.56. The van der Waals surface area contributed by atoms with Gasteiger partial charge in [0.25, 0.3) is 0 Å². The minimum absolute atomic E-state index is 0.164. The van der Waals surface area contributed by atoms with Gasteiger partial charge in [-0.3, -0.25) is 4.90 Å². The molecule has 2 heterocycles. The van der Waals surface area contributed by atoms with Crippen molar-refractivity contribution in [3.8, 4) is 17.2 Å². The van der Waals surface area contributed by atoms with Gasteiger partial charge >= 0.3 is 0 Å². The monoisotopic (exact) mass is 430 g/mol. The summed E-state index contributed by atoms with van der Waals surface area (Å²) in [5, 5.41) is 10.3. The molecule has 8 heteroatoms. The Bertz CT molecular complexity index is 1060. The van der Waals surface area contributed by atoms with Gasteiger partial charge < -0.3 is 14.6 Å². The molecule has 5 rings (SSSR count). The molecule has 1 aliphatic carbocycles. The maximum Gasteiger partial charge on any atom is 0.243 e. The normalized spacial score (nSPS) is 19.6. The van der Waals surface area contributed by atoms with E-state index in [4.69, 9.17) is 9.47 Å². The van der Waals surface area contributed by atoms with Crippen LogP contribution in [0.5, 0.6) is 17.2 Å². The highest BCUT2D eigenvalue weighted by molar-refractivity contribution is 7.89. The highest BCUT2D eigenvalue weighted by Crippen LogP contribution is 2.38. The molecule has 2 aromatic carbocycles. The van der Waals surface area contributed by atoms with Crippen LogP contribution < -0.4 is 9.47 Å². The predicted molar refractivity (Wildman–Crippen MR) is 111 cm³/mol. The number of hydrogen-bond donors (Lipinski definition) is 1. The zero-order valence-corrected chi connectivity index (χ0v) is 17.7. The van der Waals surface area contributed by atoms with Crippen molar-refractivity contribution >= 4 is 10.0 Å². The van der Waals surface area contributed by atoms with Crippen molar-refractivity contribution < 1.29 is 23.0 Å². The molecule has 0 unspecified atom stereocenters. The van der Waals surface area contributed by atoms with Crippen LogP contribution in [0.1, 0.15) is 29.5 Å². The first-order valence-electron chi connectivity index (χ1n) is 10.5. The summed E-state index contributed by atoms with van der Waals surface area (Å²) in [6, 6.07) is 9.00. The maximum atomic E-state index is 13.2. The standard InChI is InChI=1S/C22H26N2O5S/c25-20-13-22-21(28-15-29-22)12-18(20)14-23-7-9-24(10-8-23)30(26,27)19-6-5-16-3-1-2-4-17(16)11-19/h5-6,11-13,25H,1-4,7-10,14-15H2. The molecule has 0 radical (unpaired) electrons. The van der Waals surface area contributed by atoms with Gasteiger partial charge in [-0.15, -0.1) is 0 Å².